The molecule has 1 unspecified atom stereocenters. The van der Waals surface area contributed by atoms with Crippen molar-refractivity contribution in [1.29, 1.82) is 0 Å². The molecule has 1 N–H and O–H groups in total. The van der Waals surface area contributed by atoms with Crippen molar-refractivity contribution in [2.24, 2.45) is 7.05 Å². The third kappa shape index (κ3) is 5.24. The van der Waals surface area contributed by atoms with Gasteiger partial charge in [0.05, 0.1) is 23.4 Å². The first-order valence-corrected chi connectivity index (χ1v) is 11.9. The molecule has 2 aromatic rings. The van der Waals surface area contributed by atoms with Gasteiger partial charge < -0.3 is 14.6 Å². The minimum absolute atomic E-state index is 0.0699. The van der Waals surface area contributed by atoms with Crippen LogP contribution in [0.1, 0.15) is 18.3 Å². The molecule has 1 saturated heterocycles. The molecule has 3 rings (SSSR count). The fourth-order valence-electron chi connectivity index (χ4n) is 3.00. The van der Waals surface area contributed by atoms with E-state index in [-0.39, 0.29) is 28.8 Å². The van der Waals surface area contributed by atoms with Gasteiger partial charge in [-0.3, -0.25) is 4.79 Å². The van der Waals surface area contributed by atoms with Crippen LogP contribution >= 0.6 is 11.8 Å². The summed E-state index contributed by atoms with van der Waals surface area (Å²) in [6.07, 6.45) is -4.66. The molecule has 176 valence electrons. The van der Waals surface area contributed by atoms with Crippen molar-refractivity contribution in [2.75, 3.05) is 31.6 Å². The number of morpholine rings is 1. The van der Waals surface area contributed by atoms with Gasteiger partial charge in [0.15, 0.2) is 5.16 Å². The number of aryl methyl sites for hydroxylation is 1. The highest BCUT2D eigenvalue weighted by molar-refractivity contribution is 8.00. The highest BCUT2D eigenvalue weighted by atomic mass is 32.2. The Morgan fingerprint density at radius 1 is 1.25 bits per heavy atom. The lowest BCUT2D eigenvalue weighted by Gasteiger charge is -2.27. The Morgan fingerprint density at radius 2 is 1.91 bits per heavy atom. The Kier molecular flexibility index (Phi) is 7.17. The zero-order valence-electron chi connectivity index (χ0n) is 17.5. The van der Waals surface area contributed by atoms with Crippen molar-refractivity contribution in [3.8, 4) is 0 Å². The number of rotatable bonds is 6. The van der Waals surface area contributed by atoms with Crippen LogP contribution in [0.15, 0.2) is 28.3 Å². The number of nitrogens with one attached hydrogen (secondary N) is 1. The van der Waals surface area contributed by atoms with Crippen LogP contribution in [0.2, 0.25) is 0 Å². The first-order chi connectivity index (χ1) is 14.9. The molecule has 9 nitrogen and oxygen atoms in total. The van der Waals surface area contributed by atoms with Gasteiger partial charge in [0.25, 0.3) is 0 Å². The fourth-order valence-corrected chi connectivity index (χ4v) is 5.48. The second kappa shape index (κ2) is 9.37. The van der Waals surface area contributed by atoms with Gasteiger partial charge >= 0.3 is 6.18 Å². The number of ether oxygens (including phenoxy) is 1. The van der Waals surface area contributed by atoms with Crippen LogP contribution in [0.3, 0.4) is 0 Å². The number of nitrogens with zero attached hydrogens (tertiary/aromatic N) is 4. The first-order valence-electron chi connectivity index (χ1n) is 9.54. The lowest BCUT2D eigenvalue weighted by molar-refractivity contribution is -0.147. The van der Waals surface area contributed by atoms with E-state index in [0.717, 1.165) is 16.3 Å². The van der Waals surface area contributed by atoms with Crippen LogP contribution in [-0.2, 0) is 32.8 Å². The van der Waals surface area contributed by atoms with Crippen molar-refractivity contribution in [1.82, 2.24) is 19.1 Å². The van der Waals surface area contributed by atoms with Crippen molar-refractivity contribution < 1.29 is 31.1 Å². The second-order valence-corrected chi connectivity index (χ2v) is 10.3. The topological polar surface area (TPSA) is 106 Å². The third-order valence-electron chi connectivity index (χ3n) is 4.78. The molecule has 14 heteroatoms. The van der Waals surface area contributed by atoms with Gasteiger partial charge in [-0.05, 0) is 31.5 Å². The number of halogens is 3. The average molecular weight is 494 g/mol. The van der Waals surface area contributed by atoms with Crippen LogP contribution in [0.25, 0.3) is 0 Å². The summed E-state index contributed by atoms with van der Waals surface area (Å²) in [5.41, 5.74) is 0.782. The average Bonchev–Trinajstić information content (AvgIpc) is 3.10. The van der Waals surface area contributed by atoms with E-state index in [1.54, 1.807) is 19.1 Å². The number of hydrogen-bond donors (Lipinski definition) is 1. The zero-order chi connectivity index (χ0) is 23.7. The number of sulfonamides is 1. The van der Waals surface area contributed by atoms with Crippen LogP contribution in [0.5, 0.6) is 0 Å². The largest absolute Gasteiger partial charge is 0.451 e. The molecule has 2 heterocycles. The molecular formula is C18H22F3N5O4S2. The summed E-state index contributed by atoms with van der Waals surface area (Å²) in [6.45, 7) is 4.25. The number of benzene rings is 1. The summed E-state index contributed by atoms with van der Waals surface area (Å²) >= 11 is 0.807. The molecule has 0 spiro atoms. The van der Waals surface area contributed by atoms with Crippen molar-refractivity contribution in [3.63, 3.8) is 0 Å². The Bertz CT molecular complexity index is 1100. The Balaban J connectivity index is 1.74. The van der Waals surface area contributed by atoms with E-state index >= 15 is 0 Å². The molecule has 0 bridgehead atoms. The van der Waals surface area contributed by atoms with E-state index in [4.69, 9.17) is 4.74 Å². The molecule has 1 amide bonds. The molecule has 1 aliphatic rings. The second-order valence-electron chi connectivity index (χ2n) is 7.11. The molecule has 1 aromatic carbocycles. The number of carbonyl (C=O) groups is 1. The van der Waals surface area contributed by atoms with Gasteiger partial charge in [-0.1, -0.05) is 17.8 Å². The molecule has 0 saturated carbocycles. The number of hydrogen-bond acceptors (Lipinski definition) is 7. The lowest BCUT2D eigenvalue weighted by atomic mass is 10.2. The molecule has 32 heavy (non-hydrogen) atoms. The summed E-state index contributed by atoms with van der Waals surface area (Å²) in [5, 5.41) is 8.36. The zero-order valence-corrected chi connectivity index (χ0v) is 19.1. The van der Waals surface area contributed by atoms with E-state index in [1.807, 2.05) is 0 Å². The Morgan fingerprint density at radius 3 is 2.50 bits per heavy atom. The fraction of sp³-hybridized carbons (Fsp3) is 0.500. The van der Waals surface area contributed by atoms with E-state index < -0.39 is 33.2 Å². The predicted molar refractivity (Wildman–Crippen MR) is 111 cm³/mol. The van der Waals surface area contributed by atoms with Crippen molar-refractivity contribution >= 4 is 33.4 Å². The molecule has 0 radical (unpaired) electrons. The third-order valence-corrected chi connectivity index (χ3v) is 7.96. The maximum absolute atomic E-state index is 13.0. The molecule has 1 aliphatic heterocycles. The summed E-state index contributed by atoms with van der Waals surface area (Å²) in [5.74, 6) is -1.69. The van der Waals surface area contributed by atoms with E-state index in [1.165, 1.54) is 24.3 Å². The van der Waals surface area contributed by atoms with Crippen molar-refractivity contribution in [3.05, 3.63) is 29.6 Å². The highest BCUT2D eigenvalue weighted by Gasteiger charge is 2.38. The van der Waals surface area contributed by atoms with E-state index in [9.17, 15) is 26.4 Å². The molecule has 0 aliphatic carbocycles. The number of thioether (sulfide) groups is 1. The summed E-state index contributed by atoms with van der Waals surface area (Å²) < 4.78 is 71.9. The number of aromatic nitrogens is 3. The summed E-state index contributed by atoms with van der Waals surface area (Å²) in [7, 11) is -2.60. The number of alkyl halides is 3. The summed E-state index contributed by atoms with van der Waals surface area (Å²) in [6, 6.07) is 4.52. The number of amides is 1. The van der Waals surface area contributed by atoms with Gasteiger partial charge in [-0.2, -0.15) is 17.5 Å². The molecular weight excluding hydrogens is 471 g/mol. The normalized spacial score (nSPS) is 16.7. The minimum Gasteiger partial charge on any atom is -0.379 e. The van der Waals surface area contributed by atoms with Gasteiger partial charge in [-0.15, -0.1) is 10.2 Å². The standard InChI is InChI=1S/C18H22F3N5O4S2/c1-11-4-5-13(10-14(11)32(28,29)26-6-8-30-9-7-26)22-15(27)12(2)31-17-24-23-16(25(17)3)18(19,20)21/h4-5,10,12H,6-9H2,1-3H3,(H,22,27). The predicted octanol–water partition coefficient (Wildman–Crippen LogP) is 2.28. The van der Waals surface area contributed by atoms with Crippen LogP contribution in [0.4, 0.5) is 18.9 Å². The van der Waals surface area contributed by atoms with Crippen LogP contribution in [-0.4, -0.2) is 64.9 Å². The minimum atomic E-state index is -4.66. The van der Waals surface area contributed by atoms with Gasteiger partial charge in [0, 0.05) is 25.8 Å². The first kappa shape index (κ1) is 24.5. The van der Waals surface area contributed by atoms with Crippen molar-refractivity contribution in [2.45, 2.75) is 35.3 Å². The van der Waals surface area contributed by atoms with Gasteiger partial charge in [0.2, 0.25) is 21.8 Å². The van der Waals surface area contributed by atoms with Gasteiger partial charge in [0.1, 0.15) is 0 Å². The Hall–Kier alpha value is -2.16. The van der Waals surface area contributed by atoms with E-state index in [2.05, 4.69) is 15.5 Å². The quantitative estimate of drug-likeness (QED) is 0.616. The maximum Gasteiger partial charge on any atom is 0.451 e. The molecule has 1 atom stereocenters. The lowest BCUT2D eigenvalue weighted by Crippen LogP contribution is -2.40. The SMILES string of the molecule is Cc1ccc(NC(=O)C(C)Sc2nnc(C(F)(F)F)n2C)cc1S(=O)(=O)N1CCOCC1. The smallest absolute Gasteiger partial charge is 0.379 e. The molecule has 1 aromatic heterocycles. The van der Waals surface area contributed by atoms with Crippen LogP contribution in [0, 0.1) is 6.92 Å². The van der Waals surface area contributed by atoms with Gasteiger partial charge in [-0.25, -0.2) is 8.42 Å². The Labute approximate surface area is 187 Å². The number of carbonyl (C=O) groups excluding carboxylic acids is 1. The maximum atomic E-state index is 13.0. The molecule has 1 fully saturated rings. The monoisotopic (exact) mass is 493 g/mol. The highest BCUT2D eigenvalue weighted by Crippen LogP contribution is 2.31. The number of anilines is 1. The van der Waals surface area contributed by atoms with Crippen LogP contribution < -0.4 is 5.32 Å². The summed E-state index contributed by atoms with van der Waals surface area (Å²) in [4.78, 5) is 12.7. The van der Waals surface area contributed by atoms with E-state index in [0.29, 0.717) is 18.8 Å².